The average Bonchev–Trinajstić information content (AvgIpc) is 2.98. The van der Waals surface area contributed by atoms with E-state index >= 15 is 0 Å². The van der Waals surface area contributed by atoms with Crippen LogP contribution in [-0.2, 0) is 37.1 Å². The van der Waals surface area contributed by atoms with Crippen molar-refractivity contribution in [1.82, 2.24) is 0 Å². The van der Waals surface area contributed by atoms with E-state index in [1.54, 1.807) is 12.1 Å². The Kier molecular flexibility index (Phi) is 6.15. The maximum absolute atomic E-state index is 15.0. The molecule has 0 aliphatic carbocycles. The molecule has 3 rings (SSSR count). The maximum Gasteiger partial charge on any atom is 0.303 e. The van der Waals surface area contributed by atoms with Crippen molar-refractivity contribution in [1.29, 1.82) is 0 Å². The van der Waals surface area contributed by atoms with E-state index in [9.17, 15) is 9.18 Å². The normalized spacial score (nSPS) is 14.4. The monoisotopic (exact) mass is 400 g/mol. The van der Waals surface area contributed by atoms with E-state index in [2.05, 4.69) is 32.9 Å². The molecule has 0 radical (unpaired) electrons. The van der Waals surface area contributed by atoms with Crippen molar-refractivity contribution in [3.05, 3.63) is 57.9 Å². The molecule has 0 aromatic heterocycles. The van der Waals surface area contributed by atoms with Crippen LogP contribution in [0.1, 0.15) is 61.9 Å². The van der Waals surface area contributed by atoms with E-state index in [1.807, 2.05) is 6.92 Å². The van der Waals surface area contributed by atoms with Crippen LogP contribution in [0.2, 0.25) is 0 Å². The van der Waals surface area contributed by atoms with Crippen molar-refractivity contribution in [2.24, 2.45) is 0 Å². The second-order valence-corrected chi connectivity index (χ2v) is 8.19. The molecule has 29 heavy (non-hydrogen) atoms. The molecule has 1 aliphatic heterocycles. The molecule has 1 heterocycles. The summed E-state index contributed by atoms with van der Waals surface area (Å²) in [5.74, 6) is -0.254. The minimum Gasteiger partial charge on any atom is -0.487 e. The molecule has 0 bridgehead atoms. The van der Waals surface area contributed by atoms with Gasteiger partial charge in [-0.3, -0.25) is 4.79 Å². The van der Waals surface area contributed by atoms with Gasteiger partial charge in [0.15, 0.2) is 11.6 Å². The lowest BCUT2D eigenvalue weighted by Crippen LogP contribution is -2.25. The van der Waals surface area contributed by atoms with Crippen LogP contribution in [0.3, 0.4) is 0 Å². The van der Waals surface area contributed by atoms with Gasteiger partial charge in [-0.1, -0.05) is 26.0 Å². The molecule has 4 nitrogen and oxygen atoms in total. The van der Waals surface area contributed by atoms with Gasteiger partial charge in [0.1, 0.15) is 18.0 Å². The topological polar surface area (TPSA) is 55.8 Å². The van der Waals surface area contributed by atoms with Crippen LogP contribution in [0.15, 0.2) is 24.3 Å². The van der Waals surface area contributed by atoms with Gasteiger partial charge in [0, 0.05) is 18.4 Å². The van der Waals surface area contributed by atoms with Crippen LogP contribution >= 0.6 is 0 Å². The third-order valence-corrected chi connectivity index (χ3v) is 5.36. The third kappa shape index (κ3) is 4.72. The number of hydrogen-bond acceptors (Lipinski definition) is 3. The Morgan fingerprint density at radius 3 is 2.62 bits per heavy atom. The largest absolute Gasteiger partial charge is 0.487 e. The molecular formula is C24H29FO4. The van der Waals surface area contributed by atoms with E-state index < -0.39 is 11.8 Å². The summed E-state index contributed by atoms with van der Waals surface area (Å²) in [6.45, 7) is 8.32. The SMILES string of the molecule is CCc1cc(COc2ccc(CCC(=O)O)c(CC)c2F)c2c(c1)CC(C)(C)O2. The van der Waals surface area contributed by atoms with Crippen molar-refractivity contribution in [2.45, 2.75) is 72.0 Å². The highest BCUT2D eigenvalue weighted by Gasteiger charge is 2.32. The zero-order valence-electron chi connectivity index (χ0n) is 17.6. The lowest BCUT2D eigenvalue weighted by Gasteiger charge is -2.19. The number of carbonyl (C=O) groups is 1. The Labute approximate surface area is 171 Å². The quantitative estimate of drug-likeness (QED) is 0.657. The second kappa shape index (κ2) is 8.44. The van der Waals surface area contributed by atoms with E-state index in [0.29, 0.717) is 18.4 Å². The molecule has 2 aromatic rings. The summed E-state index contributed by atoms with van der Waals surface area (Å²) >= 11 is 0. The first-order chi connectivity index (χ1) is 13.7. The van der Waals surface area contributed by atoms with Gasteiger partial charge in [-0.15, -0.1) is 0 Å². The van der Waals surface area contributed by atoms with Gasteiger partial charge in [-0.05, 0) is 67.5 Å². The minimum atomic E-state index is -0.889. The zero-order chi connectivity index (χ0) is 21.2. The number of halogens is 1. The Morgan fingerprint density at radius 2 is 1.97 bits per heavy atom. The highest BCUT2D eigenvalue weighted by molar-refractivity contribution is 5.67. The summed E-state index contributed by atoms with van der Waals surface area (Å²) in [6, 6.07) is 7.62. The molecule has 0 spiro atoms. The van der Waals surface area contributed by atoms with Crippen LogP contribution in [0, 0.1) is 5.82 Å². The molecule has 5 heteroatoms. The first-order valence-corrected chi connectivity index (χ1v) is 10.2. The summed E-state index contributed by atoms with van der Waals surface area (Å²) in [4.78, 5) is 10.8. The van der Waals surface area contributed by atoms with Crippen LogP contribution in [0.5, 0.6) is 11.5 Å². The first kappa shape index (κ1) is 21.2. The molecule has 0 unspecified atom stereocenters. The predicted molar refractivity (Wildman–Crippen MR) is 110 cm³/mol. The highest BCUT2D eigenvalue weighted by atomic mass is 19.1. The van der Waals surface area contributed by atoms with E-state index in [-0.39, 0.29) is 24.4 Å². The van der Waals surface area contributed by atoms with Crippen LogP contribution < -0.4 is 9.47 Å². The molecule has 0 fully saturated rings. The van der Waals surface area contributed by atoms with Crippen LogP contribution in [-0.4, -0.2) is 16.7 Å². The fourth-order valence-electron chi connectivity index (χ4n) is 3.94. The molecule has 1 N–H and O–H groups in total. The van der Waals surface area contributed by atoms with Crippen molar-refractivity contribution < 1.29 is 23.8 Å². The Morgan fingerprint density at radius 1 is 1.21 bits per heavy atom. The third-order valence-electron chi connectivity index (χ3n) is 5.36. The summed E-state index contributed by atoms with van der Waals surface area (Å²) in [6.07, 6.45) is 2.53. The lowest BCUT2D eigenvalue weighted by atomic mass is 9.97. The summed E-state index contributed by atoms with van der Waals surface area (Å²) in [5, 5.41) is 8.90. The molecule has 0 saturated heterocycles. The molecule has 0 amide bonds. The lowest BCUT2D eigenvalue weighted by molar-refractivity contribution is -0.136. The molecule has 0 atom stereocenters. The number of hydrogen-bond donors (Lipinski definition) is 1. The number of carboxylic acids is 1. The summed E-state index contributed by atoms with van der Waals surface area (Å²) in [7, 11) is 0. The molecule has 156 valence electrons. The molecule has 2 aromatic carbocycles. The van der Waals surface area contributed by atoms with E-state index in [4.69, 9.17) is 14.6 Å². The maximum atomic E-state index is 15.0. The summed E-state index contributed by atoms with van der Waals surface area (Å²) < 4.78 is 27.0. The van der Waals surface area contributed by atoms with Crippen molar-refractivity contribution in [3.8, 4) is 11.5 Å². The number of aryl methyl sites for hydroxylation is 2. The Bertz CT molecular complexity index is 918. The van der Waals surface area contributed by atoms with Gasteiger partial charge >= 0.3 is 5.97 Å². The minimum absolute atomic E-state index is 0.0181. The smallest absolute Gasteiger partial charge is 0.303 e. The van der Waals surface area contributed by atoms with E-state index in [0.717, 1.165) is 29.7 Å². The number of carboxylic acid groups (broad SMARTS) is 1. The zero-order valence-corrected chi connectivity index (χ0v) is 17.6. The Hall–Kier alpha value is -2.56. The van der Waals surface area contributed by atoms with Gasteiger partial charge in [0.2, 0.25) is 0 Å². The second-order valence-electron chi connectivity index (χ2n) is 8.19. The summed E-state index contributed by atoms with van der Waals surface area (Å²) in [5.41, 5.74) is 4.30. The van der Waals surface area contributed by atoms with Crippen molar-refractivity contribution in [2.75, 3.05) is 0 Å². The number of aliphatic carboxylic acids is 1. The fourth-order valence-corrected chi connectivity index (χ4v) is 3.94. The first-order valence-electron chi connectivity index (χ1n) is 10.2. The number of rotatable bonds is 8. The van der Waals surface area contributed by atoms with Gasteiger partial charge in [-0.2, -0.15) is 0 Å². The fraction of sp³-hybridized carbons (Fsp3) is 0.458. The number of fused-ring (bicyclic) bond motifs is 1. The molecule has 1 aliphatic rings. The van der Waals surface area contributed by atoms with Crippen LogP contribution in [0.25, 0.3) is 0 Å². The van der Waals surface area contributed by atoms with Crippen molar-refractivity contribution >= 4 is 5.97 Å². The van der Waals surface area contributed by atoms with Gasteiger partial charge in [0.25, 0.3) is 0 Å². The molecule has 0 saturated carbocycles. The predicted octanol–water partition coefficient (Wildman–Crippen LogP) is 5.26. The van der Waals surface area contributed by atoms with Gasteiger partial charge < -0.3 is 14.6 Å². The number of benzene rings is 2. The average molecular weight is 400 g/mol. The van der Waals surface area contributed by atoms with E-state index in [1.165, 1.54) is 11.1 Å². The Balaban J connectivity index is 1.84. The molecular weight excluding hydrogens is 371 g/mol. The highest BCUT2D eigenvalue weighted by Crippen LogP contribution is 2.39. The van der Waals surface area contributed by atoms with Crippen molar-refractivity contribution in [3.63, 3.8) is 0 Å². The van der Waals surface area contributed by atoms with Gasteiger partial charge in [0.05, 0.1) is 0 Å². The van der Waals surface area contributed by atoms with Gasteiger partial charge in [-0.25, -0.2) is 4.39 Å². The number of ether oxygens (including phenoxy) is 2. The van der Waals surface area contributed by atoms with Crippen LogP contribution in [0.4, 0.5) is 4.39 Å². The standard InChI is InChI=1S/C24H29FO4/c1-5-15-11-17-13-24(3,4)29-23(17)18(12-15)14-28-20-9-7-16(8-10-21(26)27)19(6-2)22(20)25/h7,9,11-12H,5-6,8,10,13-14H2,1-4H3,(H,26,27).